The van der Waals surface area contributed by atoms with Crippen molar-refractivity contribution in [3.05, 3.63) is 35.4 Å². The van der Waals surface area contributed by atoms with Crippen molar-refractivity contribution in [2.45, 2.75) is 51.6 Å². The molecule has 2 atom stereocenters. The summed E-state index contributed by atoms with van der Waals surface area (Å²) in [7, 11) is 0. The van der Waals surface area contributed by atoms with Gasteiger partial charge in [0.2, 0.25) is 0 Å². The van der Waals surface area contributed by atoms with Crippen molar-refractivity contribution >= 4 is 17.8 Å². The summed E-state index contributed by atoms with van der Waals surface area (Å²) in [6.07, 6.45) is 2.47. The third-order valence-corrected chi connectivity index (χ3v) is 5.38. The summed E-state index contributed by atoms with van der Waals surface area (Å²) in [6, 6.07) is 7.95. The largest absolute Gasteiger partial charge is 0.344 e. The molecule has 2 N–H and O–H groups in total. The Bertz CT molecular complexity index is 718. The van der Waals surface area contributed by atoms with E-state index >= 15 is 0 Å². The number of hydrazine groups is 1. The number of rotatable bonds is 5. The van der Waals surface area contributed by atoms with Crippen molar-refractivity contribution in [1.82, 2.24) is 20.7 Å². The van der Waals surface area contributed by atoms with Gasteiger partial charge in [-0.15, -0.1) is 0 Å². The Morgan fingerprint density at radius 1 is 1.31 bits per heavy atom. The molecule has 2 fully saturated rings. The van der Waals surface area contributed by atoms with E-state index < -0.39 is 17.5 Å². The monoisotopic (exact) mass is 358 g/mol. The molecule has 140 valence electrons. The summed E-state index contributed by atoms with van der Waals surface area (Å²) in [5, 5.41) is 3.44. The van der Waals surface area contributed by atoms with Crippen LogP contribution in [0.15, 0.2) is 24.3 Å². The summed E-state index contributed by atoms with van der Waals surface area (Å²) in [4.78, 5) is 38.9. The highest BCUT2D eigenvalue weighted by Crippen LogP contribution is 2.31. The maximum Gasteiger partial charge on any atom is 0.344 e. The first kappa shape index (κ1) is 18.4. The van der Waals surface area contributed by atoms with Gasteiger partial charge in [0.25, 0.3) is 11.8 Å². The first-order valence-corrected chi connectivity index (χ1v) is 9.11. The summed E-state index contributed by atoms with van der Waals surface area (Å²) < 4.78 is 0. The third-order valence-electron chi connectivity index (χ3n) is 5.38. The number of imide groups is 1. The summed E-state index contributed by atoms with van der Waals surface area (Å²) in [5.41, 5.74) is 3.90. The molecule has 2 aliphatic rings. The lowest BCUT2D eigenvalue weighted by atomic mass is 10.00. The van der Waals surface area contributed by atoms with Gasteiger partial charge in [-0.05, 0) is 45.2 Å². The van der Waals surface area contributed by atoms with Gasteiger partial charge in [-0.1, -0.05) is 36.8 Å². The average Bonchev–Trinajstić information content (AvgIpc) is 3.14. The van der Waals surface area contributed by atoms with Crippen molar-refractivity contribution in [1.29, 1.82) is 0 Å². The molecule has 2 aliphatic heterocycles. The molecule has 3 rings (SSSR count). The van der Waals surface area contributed by atoms with E-state index in [-0.39, 0.29) is 18.5 Å². The number of nitrogens with zero attached hydrogens (tertiary/aromatic N) is 2. The van der Waals surface area contributed by atoms with E-state index in [0.717, 1.165) is 24.4 Å². The fourth-order valence-electron chi connectivity index (χ4n) is 3.55. The van der Waals surface area contributed by atoms with Crippen LogP contribution in [0.5, 0.6) is 0 Å². The van der Waals surface area contributed by atoms with Crippen molar-refractivity contribution in [3.8, 4) is 0 Å². The van der Waals surface area contributed by atoms with Gasteiger partial charge in [0, 0.05) is 6.04 Å². The normalized spacial score (nSPS) is 26.3. The van der Waals surface area contributed by atoms with Crippen LogP contribution in [0.2, 0.25) is 0 Å². The Labute approximate surface area is 153 Å². The topological polar surface area (TPSA) is 81.8 Å². The van der Waals surface area contributed by atoms with Crippen LogP contribution < -0.4 is 10.7 Å². The fourth-order valence-corrected chi connectivity index (χ4v) is 3.55. The van der Waals surface area contributed by atoms with Gasteiger partial charge in [-0.2, -0.15) is 5.01 Å². The quantitative estimate of drug-likeness (QED) is 0.788. The number of carbonyl (C=O) groups is 3. The van der Waals surface area contributed by atoms with Gasteiger partial charge in [0.1, 0.15) is 5.54 Å². The van der Waals surface area contributed by atoms with Crippen LogP contribution in [-0.4, -0.2) is 46.4 Å². The van der Waals surface area contributed by atoms with E-state index in [4.69, 9.17) is 0 Å². The Morgan fingerprint density at radius 3 is 2.62 bits per heavy atom. The van der Waals surface area contributed by atoms with E-state index in [0.29, 0.717) is 6.42 Å². The molecule has 0 spiro atoms. The lowest BCUT2D eigenvalue weighted by molar-refractivity contribution is -0.139. The number of hydrogen-bond acceptors (Lipinski definition) is 4. The molecule has 0 unspecified atom stereocenters. The van der Waals surface area contributed by atoms with Gasteiger partial charge >= 0.3 is 6.03 Å². The fraction of sp³-hybridized carbons (Fsp3) is 0.526. The second-order valence-electron chi connectivity index (χ2n) is 7.33. The highest BCUT2D eigenvalue weighted by molar-refractivity contribution is 6.07. The van der Waals surface area contributed by atoms with Crippen LogP contribution in [0.1, 0.15) is 50.3 Å². The molecule has 0 radical (unpaired) electrons. The molecule has 1 aromatic rings. The number of carbonyl (C=O) groups excluding carboxylic acids is 3. The number of aryl methyl sites for hydroxylation is 1. The van der Waals surface area contributed by atoms with Crippen molar-refractivity contribution in [2.24, 2.45) is 0 Å². The van der Waals surface area contributed by atoms with Gasteiger partial charge in [-0.3, -0.25) is 19.9 Å². The smallest absolute Gasteiger partial charge is 0.322 e. The van der Waals surface area contributed by atoms with Crippen molar-refractivity contribution < 1.29 is 14.4 Å². The third kappa shape index (κ3) is 3.44. The van der Waals surface area contributed by atoms with Crippen LogP contribution in [0.25, 0.3) is 0 Å². The number of benzene rings is 1. The predicted octanol–water partition coefficient (Wildman–Crippen LogP) is 1.88. The predicted molar refractivity (Wildman–Crippen MR) is 96.9 cm³/mol. The SMILES string of the molecule is CC[C@]1(C)NC(=O)N(NC(=O)CN2CCC[C@@H]2c2ccc(C)cc2)C1=O. The molecule has 7 nitrogen and oxygen atoms in total. The Morgan fingerprint density at radius 2 is 2.00 bits per heavy atom. The second kappa shape index (κ2) is 7.07. The zero-order valence-corrected chi connectivity index (χ0v) is 15.5. The molecule has 0 saturated carbocycles. The molecule has 0 bridgehead atoms. The number of nitrogens with one attached hydrogen (secondary N) is 2. The highest BCUT2D eigenvalue weighted by atomic mass is 16.2. The number of urea groups is 1. The Hall–Kier alpha value is -2.41. The number of amides is 4. The van der Waals surface area contributed by atoms with E-state index in [9.17, 15) is 14.4 Å². The lowest BCUT2D eigenvalue weighted by Crippen LogP contribution is -2.51. The minimum absolute atomic E-state index is 0.151. The molecule has 2 heterocycles. The standard InChI is InChI=1S/C19H26N4O3/c1-4-19(3)17(25)23(18(26)20-19)21-16(24)12-22-11-5-6-15(22)14-9-7-13(2)8-10-14/h7-10,15H,4-6,11-12H2,1-3H3,(H,20,26)(H,21,24)/t15-,19+/m1/s1. The highest BCUT2D eigenvalue weighted by Gasteiger charge is 2.47. The molecular formula is C19H26N4O3. The first-order valence-electron chi connectivity index (χ1n) is 9.11. The zero-order valence-electron chi connectivity index (χ0n) is 15.5. The average molecular weight is 358 g/mol. The minimum atomic E-state index is -0.956. The lowest BCUT2D eigenvalue weighted by Gasteiger charge is -2.25. The van der Waals surface area contributed by atoms with E-state index in [1.165, 1.54) is 11.1 Å². The Kier molecular flexibility index (Phi) is 5.00. The van der Waals surface area contributed by atoms with Crippen molar-refractivity contribution in [3.63, 3.8) is 0 Å². The summed E-state index contributed by atoms with van der Waals surface area (Å²) >= 11 is 0. The molecule has 0 aliphatic carbocycles. The summed E-state index contributed by atoms with van der Waals surface area (Å²) in [5.74, 6) is -0.775. The van der Waals surface area contributed by atoms with Crippen molar-refractivity contribution in [2.75, 3.05) is 13.1 Å². The minimum Gasteiger partial charge on any atom is -0.322 e. The zero-order chi connectivity index (χ0) is 18.9. The maximum atomic E-state index is 12.4. The van der Waals surface area contributed by atoms with Crippen LogP contribution >= 0.6 is 0 Å². The number of likely N-dealkylation sites (tertiary alicyclic amines) is 1. The molecule has 1 aromatic carbocycles. The Balaban J connectivity index is 1.63. The van der Waals surface area contributed by atoms with E-state index in [2.05, 4.69) is 39.9 Å². The van der Waals surface area contributed by atoms with E-state index in [1.807, 2.05) is 13.8 Å². The van der Waals surface area contributed by atoms with Gasteiger partial charge in [-0.25, -0.2) is 4.79 Å². The van der Waals surface area contributed by atoms with Crippen LogP contribution in [0.3, 0.4) is 0 Å². The summed E-state index contributed by atoms with van der Waals surface area (Å²) in [6.45, 7) is 6.50. The van der Waals surface area contributed by atoms with E-state index in [1.54, 1.807) is 6.92 Å². The molecular weight excluding hydrogens is 332 g/mol. The van der Waals surface area contributed by atoms with Crippen LogP contribution in [0, 0.1) is 6.92 Å². The first-order chi connectivity index (χ1) is 12.3. The maximum absolute atomic E-state index is 12.4. The van der Waals surface area contributed by atoms with Gasteiger partial charge in [0.15, 0.2) is 0 Å². The molecule has 0 aromatic heterocycles. The van der Waals surface area contributed by atoms with Gasteiger partial charge in [0.05, 0.1) is 6.54 Å². The van der Waals surface area contributed by atoms with Gasteiger partial charge < -0.3 is 5.32 Å². The molecule has 7 heteroatoms. The molecule has 26 heavy (non-hydrogen) atoms. The molecule has 4 amide bonds. The second-order valence-corrected chi connectivity index (χ2v) is 7.33. The van der Waals surface area contributed by atoms with Crippen LogP contribution in [0.4, 0.5) is 4.79 Å². The number of hydrogen-bond donors (Lipinski definition) is 2. The van der Waals surface area contributed by atoms with Crippen LogP contribution in [-0.2, 0) is 9.59 Å². The molecule has 2 saturated heterocycles.